The second-order valence-corrected chi connectivity index (χ2v) is 11.5. The molecule has 7 nitrogen and oxygen atoms in total. The number of fused-ring (bicyclic) bond motifs is 4. The van der Waals surface area contributed by atoms with Crippen LogP contribution in [0, 0.1) is 17.0 Å². The zero-order valence-electron chi connectivity index (χ0n) is 19.6. The lowest BCUT2D eigenvalue weighted by atomic mass is 9.94. The summed E-state index contributed by atoms with van der Waals surface area (Å²) >= 11 is 8.25. The number of nitrogens with zero attached hydrogens (tertiary/aromatic N) is 4. The molecular weight excluding hydrogens is 480 g/mol. The number of hydrogen-bond acceptors (Lipinski definition) is 6. The fourth-order valence-corrected chi connectivity index (χ4v) is 7.10. The van der Waals surface area contributed by atoms with E-state index in [9.17, 15) is 5.21 Å². The van der Waals surface area contributed by atoms with Crippen LogP contribution in [0.15, 0.2) is 34.3 Å². The van der Waals surface area contributed by atoms with Gasteiger partial charge in [-0.1, -0.05) is 18.5 Å². The number of piperidine rings is 1. The van der Waals surface area contributed by atoms with E-state index in [1.807, 2.05) is 12.1 Å². The van der Waals surface area contributed by atoms with Crippen LogP contribution in [0.2, 0.25) is 5.02 Å². The van der Waals surface area contributed by atoms with Crippen LogP contribution >= 0.6 is 23.4 Å². The van der Waals surface area contributed by atoms with Gasteiger partial charge in [0.2, 0.25) is 5.52 Å². The van der Waals surface area contributed by atoms with Gasteiger partial charge in [-0.2, -0.15) is 4.73 Å². The minimum Gasteiger partial charge on any atom is -0.618 e. The number of aryl methyl sites for hydroxylation is 2. The molecule has 0 bridgehead atoms. The Balaban J connectivity index is 1.29. The lowest BCUT2D eigenvalue weighted by molar-refractivity contribution is -0.587. The SMILES string of the molecule is CCc1[nH]c2nc(Sc3ccc4cc5c([n+]([O-])c4c3)CCCC5)nc(N3CC4C(N)C4C3)c2c1Cl. The molecule has 9 heteroatoms. The molecule has 0 spiro atoms. The Hall–Kier alpha value is -2.55. The monoisotopic (exact) mass is 506 g/mol. The van der Waals surface area contributed by atoms with Crippen molar-refractivity contribution in [3.05, 3.63) is 51.4 Å². The fourth-order valence-electron chi connectivity index (χ4n) is 5.96. The number of aromatic nitrogens is 4. The maximum Gasteiger partial charge on any atom is 0.225 e. The maximum absolute atomic E-state index is 13.2. The second kappa shape index (κ2) is 7.98. The molecule has 1 aromatic carbocycles. The highest BCUT2D eigenvalue weighted by Crippen LogP contribution is 2.47. The smallest absolute Gasteiger partial charge is 0.225 e. The molecule has 3 aromatic heterocycles. The van der Waals surface area contributed by atoms with E-state index < -0.39 is 0 Å². The Kier molecular flexibility index (Phi) is 4.95. The maximum atomic E-state index is 13.2. The van der Waals surface area contributed by atoms with E-state index in [1.54, 1.807) is 0 Å². The molecule has 0 amide bonds. The van der Waals surface area contributed by atoms with Gasteiger partial charge in [0.1, 0.15) is 11.5 Å². The van der Waals surface area contributed by atoms with Gasteiger partial charge in [-0.3, -0.25) is 0 Å². The third kappa shape index (κ3) is 3.41. The van der Waals surface area contributed by atoms with Crippen LogP contribution < -0.4 is 15.4 Å². The van der Waals surface area contributed by atoms with Crippen molar-refractivity contribution < 1.29 is 4.73 Å². The van der Waals surface area contributed by atoms with Crippen LogP contribution in [0.3, 0.4) is 0 Å². The van der Waals surface area contributed by atoms with Crippen molar-refractivity contribution in [2.75, 3.05) is 18.0 Å². The first-order valence-electron chi connectivity index (χ1n) is 12.5. The van der Waals surface area contributed by atoms with Crippen molar-refractivity contribution in [3.8, 4) is 0 Å². The zero-order chi connectivity index (χ0) is 23.8. The lowest BCUT2D eigenvalue weighted by Crippen LogP contribution is -2.35. The molecular formula is C26H27ClN6OS. The van der Waals surface area contributed by atoms with E-state index in [0.717, 1.165) is 88.4 Å². The molecule has 3 aliphatic rings. The molecule has 180 valence electrons. The molecule has 3 N–H and O–H groups in total. The van der Waals surface area contributed by atoms with E-state index >= 15 is 0 Å². The van der Waals surface area contributed by atoms with Gasteiger partial charge in [0.05, 0.1) is 10.4 Å². The van der Waals surface area contributed by atoms with Crippen LogP contribution in [0.1, 0.15) is 36.7 Å². The molecule has 4 heterocycles. The average molecular weight is 507 g/mol. The van der Waals surface area contributed by atoms with E-state index in [2.05, 4.69) is 28.9 Å². The third-order valence-corrected chi connectivity index (χ3v) is 9.29. The van der Waals surface area contributed by atoms with Gasteiger partial charge >= 0.3 is 0 Å². The van der Waals surface area contributed by atoms with Gasteiger partial charge in [-0.15, -0.1) is 0 Å². The van der Waals surface area contributed by atoms with Crippen LogP contribution in [0.4, 0.5) is 5.82 Å². The molecule has 0 radical (unpaired) electrons. The van der Waals surface area contributed by atoms with Crippen LogP contribution in [0.25, 0.3) is 21.9 Å². The highest BCUT2D eigenvalue weighted by molar-refractivity contribution is 7.99. The fraction of sp³-hybridized carbons (Fsp3) is 0.423. The van der Waals surface area contributed by atoms with Crippen LogP contribution in [0.5, 0.6) is 0 Å². The minimum atomic E-state index is 0.312. The number of hydrogen-bond donors (Lipinski definition) is 2. The van der Waals surface area contributed by atoms with E-state index in [4.69, 9.17) is 27.3 Å². The van der Waals surface area contributed by atoms with Gasteiger partial charge in [0.25, 0.3) is 0 Å². The summed E-state index contributed by atoms with van der Waals surface area (Å²) in [6.45, 7) is 3.89. The Morgan fingerprint density at radius 2 is 2.00 bits per heavy atom. The molecule has 2 fully saturated rings. The number of benzene rings is 1. The molecule has 2 aliphatic carbocycles. The topological polar surface area (TPSA) is 97.8 Å². The predicted molar refractivity (Wildman–Crippen MR) is 139 cm³/mol. The number of nitrogens with two attached hydrogens (primary N) is 1. The van der Waals surface area contributed by atoms with Crippen molar-refractivity contribution in [2.24, 2.45) is 17.6 Å². The molecule has 35 heavy (non-hydrogen) atoms. The lowest BCUT2D eigenvalue weighted by Gasteiger charge is -2.21. The summed E-state index contributed by atoms with van der Waals surface area (Å²) in [4.78, 5) is 16.5. The summed E-state index contributed by atoms with van der Waals surface area (Å²) in [7, 11) is 0. The molecule has 1 saturated carbocycles. The van der Waals surface area contributed by atoms with Crippen molar-refractivity contribution in [1.29, 1.82) is 0 Å². The van der Waals surface area contributed by atoms with E-state index in [0.29, 0.717) is 33.6 Å². The van der Waals surface area contributed by atoms with Crippen molar-refractivity contribution in [3.63, 3.8) is 0 Å². The average Bonchev–Trinajstić information content (AvgIpc) is 3.19. The Labute approximate surface area is 212 Å². The summed E-state index contributed by atoms with van der Waals surface area (Å²) < 4.78 is 1.14. The first kappa shape index (κ1) is 21.7. The van der Waals surface area contributed by atoms with Gasteiger partial charge in [0, 0.05) is 53.2 Å². The Morgan fingerprint density at radius 3 is 2.80 bits per heavy atom. The first-order chi connectivity index (χ1) is 17.0. The number of H-pyrrole nitrogens is 1. The number of pyridine rings is 1. The molecule has 1 saturated heterocycles. The number of rotatable bonds is 4. The summed E-state index contributed by atoms with van der Waals surface area (Å²) in [5.41, 5.74) is 10.7. The van der Waals surface area contributed by atoms with Gasteiger partial charge < -0.3 is 20.8 Å². The standard InChI is InChI=1S/C26H27ClN6OS/c1-2-18-22(27)21-24(29-18)30-26(31-25(21)32-11-16-17(12-32)23(16)28)35-15-8-7-14-9-13-5-3-4-6-19(13)33(34)20(14)10-15/h7-10,16-17,23H,2-6,11-12,28H2,1H3,(H,29,30,31). The van der Waals surface area contributed by atoms with Crippen molar-refractivity contribution in [1.82, 2.24) is 15.0 Å². The molecule has 2 atom stereocenters. The van der Waals surface area contributed by atoms with E-state index in [-0.39, 0.29) is 0 Å². The quantitative estimate of drug-likeness (QED) is 0.242. The summed E-state index contributed by atoms with van der Waals surface area (Å²) in [5, 5.41) is 16.4. The number of halogens is 1. The zero-order valence-corrected chi connectivity index (χ0v) is 21.1. The largest absolute Gasteiger partial charge is 0.618 e. The molecule has 1 aliphatic heterocycles. The van der Waals surface area contributed by atoms with E-state index in [1.165, 1.54) is 17.3 Å². The molecule has 4 aromatic rings. The van der Waals surface area contributed by atoms with Crippen molar-refractivity contribution in [2.45, 2.75) is 55.1 Å². The second-order valence-electron chi connectivity index (χ2n) is 10.1. The Morgan fingerprint density at radius 1 is 1.20 bits per heavy atom. The minimum absolute atomic E-state index is 0.312. The highest BCUT2D eigenvalue weighted by atomic mass is 35.5. The molecule has 2 unspecified atom stereocenters. The summed E-state index contributed by atoms with van der Waals surface area (Å²) in [5.74, 6) is 1.96. The normalized spacial score (nSPS) is 23.2. The predicted octanol–water partition coefficient (Wildman–Crippen LogP) is 4.38. The van der Waals surface area contributed by atoms with Crippen LogP contribution in [-0.2, 0) is 19.3 Å². The van der Waals surface area contributed by atoms with Gasteiger partial charge in [-0.25, -0.2) is 9.97 Å². The number of anilines is 1. The van der Waals surface area contributed by atoms with Crippen molar-refractivity contribution >= 4 is 51.1 Å². The Bertz CT molecular complexity index is 1490. The summed E-state index contributed by atoms with van der Waals surface area (Å²) in [6, 6.07) is 8.56. The number of aromatic amines is 1. The van der Waals surface area contributed by atoms with Gasteiger partial charge in [-0.05, 0) is 67.5 Å². The highest BCUT2D eigenvalue weighted by Gasteiger charge is 2.54. The van der Waals surface area contributed by atoms with Gasteiger partial charge in [0.15, 0.2) is 10.9 Å². The molecule has 7 rings (SSSR count). The third-order valence-electron chi connectivity index (χ3n) is 8.02. The van der Waals surface area contributed by atoms with Crippen LogP contribution in [-0.4, -0.2) is 34.1 Å². The summed E-state index contributed by atoms with van der Waals surface area (Å²) in [6.07, 6.45) is 4.87. The first-order valence-corrected chi connectivity index (χ1v) is 13.7. The number of nitrogens with one attached hydrogen (secondary N) is 1.